The van der Waals surface area contributed by atoms with Crippen LogP contribution >= 0.6 is 0 Å². The van der Waals surface area contributed by atoms with Crippen LogP contribution in [0.25, 0.3) is 0 Å². The van der Waals surface area contributed by atoms with Gasteiger partial charge in [0.25, 0.3) is 0 Å². The molecule has 1 unspecified atom stereocenters. The lowest BCUT2D eigenvalue weighted by atomic mass is 10.2. The monoisotopic (exact) mass is 300 g/mol. The van der Waals surface area contributed by atoms with E-state index in [1.165, 1.54) is 0 Å². The first-order chi connectivity index (χ1) is 10.6. The summed E-state index contributed by atoms with van der Waals surface area (Å²) in [4.78, 5) is 0. The Hall–Kier alpha value is -2.30. The molecule has 0 radical (unpaired) electrons. The number of anilines is 3. The van der Waals surface area contributed by atoms with Crippen molar-refractivity contribution in [2.24, 2.45) is 0 Å². The van der Waals surface area contributed by atoms with Gasteiger partial charge in [-0.1, -0.05) is 24.3 Å². The molecule has 4 N–H and O–H groups in total. The van der Waals surface area contributed by atoms with Crippen molar-refractivity contribution in [2.45, 2.75) is 13.0 Å². The average Bonchev–Trinajstić information content (AvgIpc) is 2.51. The van der Waals surface area contributed by atoms with Crippen LogP contribution in [0.1, 0.15) is 6.92 Å². The number of hydrogen-bond acceptors (Lipinski definition) is 4. The number of nitrogens with two attached hydrogens (primary N) is 1. The lowest BCUT2D eigenvalue weighted by Crippen LogP contribution is -2.09. The zero-order valence-corrected chi connectivity index (χ0v) is 12.9. The number of ether oxygens (including phenoxy) is 1. The van der Waals surface area contributed by atoms with Gasteiger partial charge in [-0.05, 0) is 43.3 Å². The number of aliphatic hydroxyl groups is 1. The van der Waals surface area contributed by atoms with Crippen molar-refractivity contribution in [3.05, 3.63) is 67.3 Å². The Morgan fingerprint density at radius 3 is 2.27 bits per heavy atom. The topological polar surface area (TPSA) is 67.5 Å². The maximum Gasteiger partial charge on any atom is 0.0745 e. The van der Waals surface area contributed by atoms with Crippen LogP contribution in [0.2, 0.25) is 0 Å². The Bertz CT molecular complexity index is 525. The van der Waals surface area contributed by atoms with Gasteiger partial charge in [0.2, 0.25) is 0 Å². The number of nitrogen functional groups attached to an aromatic ring is 1. The number of aliphatic hydroxyl groups excluding tert-OH is 1. The third-order valence-electron chi connectivity index (χ3n) is 2.57. The Kier molecular flexibility index (Phi) is 8.42. The van der Waals surface area contributed by atoms with Crippen molar-refractivity contribution in [1.82, 2.24) is 0 Å². The lowest BCUT2D eigenvalue weighted by molar-refractivity contribution is 0.0599. The molecule has 2 aromatic rings. The first kappa shape index (κ1) is 17.8. The lowest BCUT2D eigenvalue weighted by Gasteiger charge is -2.05. The Morgan fingerprint density at radius 2 is 1.73 bits per heavy atom. The molecule has 0 aliphatic carbocycles. The van der Waals surface area contributed by atoms with Gasteiger partial charge in [-0.2, -0.15) is 0 Å². The number of rotatable bonds is 6. The standard InChI is InChI=1S/C12H12N2.C6H12O2/c13-10-6-8-12(9-7-10)14-11-4-2-1-3-5-11;1-3-4-8-5-6(2)7/h1-9,14H,13H2;3,6-7H,1,4-5H2,2H3. The van der Waals surface area contributed by atoms with E-state index in [0.29, 0.717) is 13.2 Å². The summed E-state index contributed by atoms with van der Waals surface area (Å²) in [7, 11) is 0. The molecule has 0 amide bonds. The van der Waals surface area contributed by atoms with Gasteiger partial charge >= 0.3 is 0 Å². The molecule has 0 heterocycles. The fourth-order valence-corrected chi connectivity index (χ4v) is 1.58. The first-order valence-electron chi connectivity index (χ1n) is 7.16. The highest BCUT2D eigenvalue weighted by Gasteiger charge is 1.92. The maximum absolute atomic E-state index is 8.62. The summed E-state index contributed by atoms with van der Waals surface area (Å²) in [5, 5.41) is 11.9. The minimum absolute atomic E-state index is 0.366. The summed E-state index contributed by atoms with van der Waals surface area (Å²) >= 11 is 0. The van der Waals surface area contributed by atoms with Gasteiger partial charge in [0.15, 0.2) is 0 Å². The van der Waals surface area contributed by atoms with E-state index in [4.69, 9.17) is 15.6 Å². The fraction of sp³-hybridized carbons (Fsp3) is 0.222. The summed E-state index contributed by atoms with van der Waals surface area (Å²) in [5.74, 6) is 0. The van der Waals surface area contributed by atoms with Crippen LogP contribution in [0.15, 0.2) is 67.3 Å². The van der Waals surface area contributed by atoms with Crippen molar-refractivity contribution in [3.8, 4) is 0 Å². The van der Waals surface area contributed by atoms with E-state index in [1.807, 2.05) is 54.6 Å². The molecule has 0 spiro atoms. The van der Waals surface area contributed by atoms with Gasteiger partial charge in [-0.15, -0.1) is 6.58 Å². The van der Waals surface area contributed by atoms with E-state index in [2.05, 4.69) is 11.9 Å². The third-order valence-corrected chi connectivity index (χ3v) is 2.57. The van der Waals surface area contributed by atoms with Crippen molar-refractivity contribution in [3.63, 3.8) is 0 Å². The second-order valence-corrected chi connectivity index (χ2v) is 4.79. The van der Waals surface area contributed by atoms with Crippen LogP contribution in [0.4, 0.5) is 17.1 Å². The summed E-state index contributed by atoms with van der Waals surface area (Å²) < 4.78 is 4.88. The normalized spacial score (nSPS) is 11.0. The summed E-state index contributed by atoms with van der Waals surface area (Å²) in [5.41, 5.74) is 8.50. The zero-order valence-electron chi connectivity index (χ0n) is 12.9. The number of para-hydroxylation sites is 1. The zero-order chi connectivity index (χ0) is 16.2. The predicted octanol–water partition coefficient (Wildman–Crippen LogP) is 3.58. The SMILES string of the molecule is C=CCOCC(C)O.Nc1ccc(Nc2ccccc2)cc1. The third kappa shape index (κ3) is 8.09. The van der Waals surface area contributed by atoms with Crippen molar-refractivity contribution in [1.29, 1.82) is 0 Å². The quantitative estimate of drug-likeness (QED) is 0.433. The van der Waals surface area contributed by atoms with E-state index in [1.54, 1.807) is 13.0 Å². The van der Waals surface area contributed by atoms with Crippen molar-refractivity contribution in [2.75, 3.05) is 24.3 Å². The Balaban J connectivity index is 0.000000261. The smallest absolute Gasteiger partial charge is 0.0745 e. The van der Waals surface area contributed by atoms with Gasteiger partial charge in [0.1, 0.15) is 0 Å². The molecular weight excluding hydrogens is 276 g/mol. The second-order valence-electron chi connectivity index (χ2n) is 4.79. The number of hydrogen-bond donors (Lipinski definition) is 3. The van der Waals surface area contributed by atoms with Crippen LogP contribution in [-0.2, 0) is 4.74 Å². The largest absolute Gasteiger partial charge is 0.399 e. The van der Waals surface area contributed by atoms with Crippen LogP contribution in [-0.4, -0.2) is 24.4 Å². The number of benzene rings is 2. The predicted molar refractivity (Wildman–Crippen MR) is 93.3 cm³/mol. The molecule has 2 rings (SSSR count). The molecule has 0 aliphatic rings. The summed E-state index contributed by atoms with van der Waals surface area (Å²) in [6, 6.07) is 17.7. The van der Waals surface area contributed by atoms with E-state index < -0.39 is 0 Å². The molecule has 0 fully saturated rings. The van der Waals surface area contributed by atoms with E-state index in [9.17, 15) is 0 Å². The van der Waals surface area contributed by atoms with Crippen molar-refractivity contribution >= 4 is 17.1 Å². The average molecular weight is 300 g/mol. The van der Waals surface area contributed by atoms with Gasteiger partial charge < -0.3 is 20.9 Å². The van der Waals surface area contributed by atoms with Gasteiger partial charge in [0, 0.05) is 17.1 Å². The van der Waals surface area contributed by atoms with Crippen molar-refractivity contribution < 1.29 is 9.84 Å². The maximum atomic E-state index is 8.62. The second kappa shape index (κ2) is 10.4. The highest BCUT2D eigenvalue weighted by atomic mass is 16.5. The summed E-state index contributed by atoms with van der Waals surface area (Å²) in [6.07, 6.45) is 1.29. The van der Waals surface area contributed by atoms with Crippen LogP contribution in [0.5, 0.6) is 0 Å². The molecule has 0 saturated carbocycles. The molecule has 118 valence electrons. The molecule has 4 nitrogen and oxygen atoms in total. The molecule has 22 heavy (non-hydrogen) atoms. The van der Waals surface area contributed by atoms with Gasteiger partial charge in [0.05, 0.1) is 19.3 Å². The molecule has 1 atom stereocenters. The molecule has 0 saturated heterocycles. The molecule has 0 aliphatic heterocycles. The van der Waals surface area contributed by atoms with Crippen LogP contribution in [0, 0.1) is 0 Å². The van der Waals surface area contributed by atoms with E-state index >= 15 is 0 Å². The minimum atomic E-state index is -0.366. The van der Waals surface area contributed by atoms with E-state index in [0.717, 1.165) is 17.1 Å². The Morgan fingerprint density at radius 1 is 1.14 bits per heavy atom. The van der Waals surface area contributed by atoms with Crippen LogP contribution < -0.4 is 11.1 Å². The first-order valence-corrected chi connectivity index (χ1v) is 7.16. The van der Waals surface area contributed by atoms with E-state index in [-0.39, 0.29) is 6.10 Å². The molecular formula is C18H24N2O2. The molecule has 4 heteroatoms. The molecule has 2 aromatic carbocycles. The Labute approximate surface area is 132 Å². The molecule has 0 bridgehead atoms. The molecule has 0 aromatic heterocycles. The van der Waals surface area contributed by atoms with Gasteiger partial charge in [-0.3, -0.25) is 0 Å². The van der Waals surface area contributed by atoms with Crippen LogP contribution in [0.3, 0.4) is 0 Å². The summed E-state index contributed by atoms with van der Waals surface area (Å²) in [6.45, 7) is 6.05. The highest BCUT2D eigenvalue weighted by Crippen LogP contribution is 2.16. The fourth-order valence-electron chi connectivity index (χ4n) is 1.58. The minimum Gasteiger partial charge on any atom is -0.399 e. The van der Waals surface area contributed by atoms with Gasteiger partial charge in [-0.25, -0.2) is 0 Å². The highest BCUT2D eigenvalue weighted by molar-refractivity contribution is 5.61. The number of nitrogens with one attached hydrogen (secondary N) is 1.